The van der Waals surface area contributed by atoms with Crippen LogP contribution in [-0.2, 0) is 11.3 Å². The van der Waals surface area contributed by atoms with Crippen LogP contribution in [0.15, 0.2) is 18.2 Å². The number of thiazole rings is 1. The van der Waals surface area contributed by atoms with E-state index < -0.39 is 11.8 Å². The van der Waals surface area contributed by atoms with Gasteiger partial charge in [-0.1, -0.05) is 0 Å². The zero-order valence-corrected chi connectivity index (χ0v) is 11.4. The van der Waals surface area contributed by atoms with Crippen LogP contribution in [0.1, 0.15) is 25.9 Å². The van der Waals surface area contributed by atoms with E-state index in [4.69, 9.17) is 10.5 Å². The van der Waals surface area contributed by atoms with Crippen LogP contribution in [0.5, 0.6) is 0 Å². The summed E-state index contributed by atoms with van der Waals surface area (Å²) < 4.78 is 18.1. The molecule has 0 amide bonds. The number of nitrogens with zero attached hydrogens (tertiary/aromatic N) is 1. The number of hydrogen-bond acceptors (Lipinski definition) is 5. The summed E-state index contributed by atoms with van der Waals surface area (Å²) in [5.74, 6) is -1.18. The van der Waals surface area contributed by atoms with Crippen LogP contribution < -0.4 is 5.73 Å². The molecule has 0 radical (unpaired) electrons. The molecule has 0 saturated carbocycles. The van der Waals surface area contributed by atoms with Gasteiger partial charge in [0.05, 0.1) is 11.3 Å². The lowest BCUT2D eigenvalue weighted by Crippen LogP contribution is -2.08. The Labute approximate surface area is 114 Å². The summed E-state index contributed by atoms with van der Waals surface area (Å²) >= 11 is 1.47. The third-order valence-corrected chi connectivity index (χ3v) is 3.68. The lowest BCUT2D eigenvalue weighted by molar-refractivity contribution is 0.0473. The molecule has 4 nitrogen and oxygen atoms in total. The van der Waals surface area contributed by atoms with Gasteiger partial charge in [0.15, 0.2) is 0 Å². The topological polar surface area (TPSA) is 65.2 Å². The average molecular weight is 280 g/mol. The number of ether oxygens (including phenoxy) is 1. The fraction of sp³-hybridized carbons (Fsp3) is 0.231. The van der Waals surface area contributed by atoms with Gasteiger partial charge >= 0.3 is 5.97 Å². The second-order valence-corrected chi connectivity index (χ2v) is 5.34. The van der Waals surface area contributed by atoms with Gasteiger partial charge in [0.25, 0.3) is 0 Å². The predicted molar refractivity (Wildman–Crippen MR) is 71.5 cm³/mol. The van der Waals surface area contributed by atoms with Gasteiger partial charge < -0.3 is 10.5 Å². The molecule has 0 saturated heterocycles. The second-order valence-electron chi connectivity index (χ2n) is 4.06. The summed E-state index contributed by atoms with van der Waals surface area (Å²) in [4.78, 5) is 17.1. The summed E-state index contributed by atoms with van der Waals surface area (Å²) in [7, 11) is 0. The maximum absolute atomic E-state index is 13.1. The van der Waals surface area contributed by atoms with Crippen molar-refractivity contribution in [1.82, 2.24) is 4.98 Å². The minimum Gasteiger partial charge on any atom is -0.455 e. The molecule has 2 N–H and O–H groups in total. The number of halogens is 1. The van der Waals surface area contributed by atoms with Gasteiger partial charge in [0.1, 0.15) is 17.4 Å². The summed E-state index contributed by atoms with van der Waals surface area (Å²) in [6.45, 7) is 3.90. The summed E-state index contributed by atoms with van der Waals surface area (Å²) in [5, 5.41) is 0.707. The molecule has 0 aliphatic carbocycles. The number of aromatic nitrogens is 1. The fourth-order valence-electron chi connectivity index (χ4n) is 1.51. The largest absolute Gasteiger partial charge is 0.455 e. The first-order valence-electron chi connectivity index (χ1n) is 5.62. The molecule has 2 aromatic rings. The number of aryl methyl sites for hydroxylation is 2. The van der Waals surface area contributed by atoms with Crippen LogP contribution >= 0.6 is 11.3 Å². The van der Waals surface area contributed by atoms with Crippen LogP contribution in [0.3, 0.4) is 0 Å². The highest BCUT2D eigenvalue weighted by Gasteiger charge is 2.13. The van der Waals surface area contributed by atoms with E-state index in [-0.39, 0.29) is 17.9 Å². The number of nitrogen functional groups attached to an aromatic ring is 1. The van der Waals surface area contributed by atoms with Gasteiger partial charge in [-0.3, -0.25) is 0 Å². The van der Waals surface area contributed by atoms with Crippen molar-refractivity contribution in [2.45, 2.75) is 20.5 Å². The second kappa shape index (κ2) is 5.36. The van der Waals surface area contributed by atoms with Crippen LogP contribution in [0.4, 0.5) is 10.1 Å². The molecular weight excluding hydrogens is 267 g/mol. The quantitative estimate of drug-likeness (QED) is 0.693. The number of esters is 1. The third kappa shape index (κ3) is 3.08. The van der Waals surface area contributed by atoms with E-state index in [0.29, 0.717) is 5.01 Å². The van der Waals surface area contributed by atoms with Gasteiger partial charge in [0, 0.05) is 10.6 Å². The maximum Gasteiger partial charge on any atom is 0.340 e. The molecule has 1 heterocycles. The average Bonchev–Trinajstić information content (AvgIpc) is 2.69. The van der Waals surface area contributed by atoms with Crippen LogP contribution in [-0.4, -0.2) is 11.0 Å². The molecule has 0 aliphatic heterocycles. The normalized spacial score (nSPS) is 10.5. The number of carbonyl (C=O) groups excluding carboxylic acids is 1. The first-order chi connectivity index (χ1) is 8.97. The Morgan fingerprint density at radius 1 is 1.47 bits per heavy atom. The Hall–Kier alpha value is -1.95. The van der Waals surface area contributed by atoms with E-state index in [1.54, 1.807) is 0 Å². The van der Waals surface area contributed by atoms with Crippen molar-refractivity contribution in [3.8, 4) is 0 Å². The fourth-order valence-corrected chi connectivity index (χ4v) is 2.36. The van der Waals surface area contributed by atoms with Crippen LogP contribution in [0.2, 0.25) is 0 Å². The summed E-state index contributed by atoms with van der Waals surface area (Å²) in [5.41, 5.74) is 6.75. The Morgan fingerprint density at radius 2 is 2.21 bits per heavy atom. The Morgan fingerprint density at radius 3 is 2.84 bits per heavy atom. The first-order valence-corrected chi connectivity index (χ1v) is 6.44. The molecule has 0 aliphatic rings. The molecule has 2 rings (SSSR count). The van der Waals surface area contributed by atoms with E-state index in [1.807, 2.05) is 13.8 Å². The van der Waals surface area contributed by atoms with Crippen molar-refractivity contribution in [1.29, 1.82) is 0 Å². The Balaban J connectivity index is 2.07. The summed E-state index contributed by atoms with van der Waals surface area (Å²) in [6.07, 6.45) is 0. The third-order valence-electron chi connectivity index (χ3n) is 2.63. The predicted octanol–water partition coefficient (Wildman–Crippen LogP) is 2.84. The van der Waals surface area contributed by atoms with E-state index in [0.717, 1.165) is 16.6 Å². The van der Waals surface area contributed by atoms with Crippen molar-refractivity contribution < 1.29 is 13.9 Å². The Kier molecular flexibility index (Phi) is 3.80. The van der Waals surface area contributed by atoms with Crippen molar-refractivity contribution in [2.24, 2.45) is 0 Å². The molecule has 0 bridgehead atoms. The maximum atomic E-state index is 13.1. The van der Waals surface area contributed by atoms with Gasteiger partial charge in [0.2, 0.25) is 0 Å². The minimum absolute atomic E-state index is 0.0324. The first kappa shape index (κ1) is 13.5. The van der Waals surface area contributed by atoms with Crippen molar-refractivity contribution >= 4 is 23.0 Å². The lowest BCUT2D eigenvalue weighted by Gasteiger charge is -2.05. The molecule has 0 atom stereocenters. The van der Waals surface area contributed by atoms with Gasteiger partial charge in [-0.15, -0.1) is 11.3 Å². The number of carbonyl (C=O) groups is 1. The highest BCUT2D eigenvalue weighted by molar-refractivity contribution is 7.11. The highest BCUT2D eigenvalue weighted by Crippen LogP contribution is 2.19. The van der Waals surface area contributed by atoms with E-state index in [1.165, 1.54) is 23.5 Å². The van der Waals surface area contributed by atoms with E-state index >= 15 is 0 Å². The molecular formula is C13H13FN2O2S. The molecule has 0 unspecified atom stereocenters. The van der Waals surface area contributed by atoms with Gasteiger partial charge in [-0.2, -0.15) is 0 Å². The van der Waals surface area contributed by atoms with Crippen molar-refractivity contribution in [3.63, 3.8) is 0 Å². The smallest absolute Gasteiger partial charge is 0.340 e. The Bertz CT molecular complexity index is 606. The molecule has 100 valence electrons. The van der Waals surface area contributed by atoms with Crippen LogP contribution in [0, 0.1) is 19.7 Å². The molecule has 1 aromatic heterocycles. The van der Waals surface area contributed by atoms with Crippen molar-refractivity contribution in [2.75, 3.05) is 5.73 Å². The number of benzene rings is 1. The molecule has 0 fully saturated rings. The van der Waals surface area contributed by atoms with Crippen molar-refractivity contribution in [3.05, 3.63) is 45.2 Å². The molecule has 0 spiro atoms. The zero-order valence-electron chi connectivity index (χ0n) is 10.6. The minimum atomic E-state index is -0.650. The van der Waals surface area contributed by atoms with Crippen LogP contribution in [0.25, 0.3) is 0 Å². The highest BCUT2D eigenvalue weighted by atomic mass is 32.1. The number of rotatable bonds is 3. The van der Waals surface area contributed by atoms with E-state index in [2.05, 4.69) is 4.98 Å². The molecule has 1 aromatic carbocycles. The molecule has 19 heavy (non-hydrogen) atoms. The summed E-state index contributed by atoms with van der Waals surface area (Å²) in [6, 6.07) is 3.60. The number of hydrogen-bond donors (Lipinski definition) is 1. The zero-order chi connectivity index (χ0) is 14.0. The number of nitrogens with two attached hydrogens (primary N) is 1. The SMILES string of the molecule is Cc1nc(COC(=O)c2cc(F)ccc2N)sc1C. The standard InChI is InChI=1S/C13H13FN2O2S/c1-7-8(2)19-12(16-7)6-18-13(17)10-5-9(14)3-4-11(10)15/h3-5H,6,15H2,1-2H3. The lowest BCUT2D eigenvalue weighted by atomic mass is 10.2. The van der Waals surface area contributed by atoms with E-state index in [9.17, 15) is 9.18 Å². The number of anilines is 1. The van der Waals surface area contributed by atoms with Gasteiger partial charge in [-0.25, -0.2) is 14.2 Å². The van der Waals surface area contributed by atoms with Gasteiger partial charge in [-0.05, 0) is 32.0 Å². The monoisotopic (exact) mass is 280 g/mol. The molecule has 6 heteroatoms.